The first-order valence-electron chi connectivity index (χ1n) is 10.2. The van der Waals surface area contributed by atoms with Crippen LogP contribution >= 0.6 is 11.8 Å². The van der Waals surface area contributed by atoms with Gasteiger partial charge in [0.05, 0.1) is 23.2 Å². The second-order valence-corrected chi connectivity index (χ2v) is 8.70. The van der Waals surface area contributed by atoms with E-state index in [0.29, 0.717) is 22.6 Å². The molecule has 1 aliphatic rings. The van der Waals surface area contributed by atoms with Gasteiger partial charge in [-0.05, 0) is 31.7 Å². The third-order valence-corrected chi connectivity index (χ3v) is 6.43. The normalized spacial score (nSPS) is 14.9. The van der Waals surface area contributed by atoms with Gasteiger partial charge in [0.1, 0.15) is 0 Å². The lowest BCUT2D eigenvalue weighted by Gasteiger charge is -2.32. The lowest BCUT2D eigenvalue weighted by Crippen LogP contribution is -2.47. The van der Waals surface area contributed by atoms with Crippen LogP contribution in [0.2, 0.25) is 0 Å². The molecule has 1 saturated heterocycles. The largest absolute Gasteiger partial charge is 0.339 e. The third kappa shape index (κ3) is 4.57. The van der Waals surface area contributed by atoms with Crippen molar-refractivity contribution in [1.29, 1.82) is 0 Å². The second-order valence-electron chi connectivity index (χ2n) is 7.76. The zero-order valence-corrected chi connectivity index (χ0v) is 18.2. The summed E-state index contributed by atoms with van der Waals surface area (Å²) in [4.78, 5) is 34.8. The van der Waals surface area contributed by atoms with E-state index < -0.39 is 0 Å². The lowest BCUT2D eigenvalue weighted by atomic mass is 10.1. The van der Waals surface area contributed by atoms with Crippen molar-refractivity contribution < 1.29 is 4.79 Å². The molecule has 2 heterocycles. The van der Waals surface area contributed by atoms with Gasteiger partial charge in [0.15, 0.2) is 5.16 Å². The van der Waals surface area contributed by atoms with Crippen molar-refractivity contribution >= 4 is 28.6 Å². The van der Waals surface area contributed by atoms with Crippen LogP contribution in [0, 0.1) is 6.92 Å². The first-order valence-corrected chi connectivity index (χ1v) is 11.1. The number of aromatic nitrogens is 2. The number of piperazine rings is 1. The highest BCUT2D eigenvalue weighted by molar-refractivity contribution is 7.99. The quantitative estimate of drug-likeness (QED) is 0.467. The van der Waals surface area contributed by atoms with Gasteiger partial charge in [-0.25, -0.2) is 4.98 Å². The summed E-state index contributed by atoms with van der Waals surface area (Å²) in [6.45, 7) is 5.75. The van der Waals surface area contributed by atoms with E-state index in [1.165, 1.54) is 17.3 Å². The number of carbonyl (C=O) groups excluding carboxylic acids is 1. The number of likely N-dealkylation sites (N-methyl/N-ethyl adjacent to an activating group) is 1. The number of fused-ring (bicyclic) bond motifs is 1. The third-order valence-electron chi connectivity index (χ3n) is 5.47. The molecular formula is C23H26N4O2S. The molecule has 4 rings (SSSR count). The van der Waals surface area contributed by atoms with Gasteiger partial charge in [0, 0.05) is 26.2 Å². The van der Waals surface area contributed by atoms with Gasteiger partial charge in [0.2, 0.25) is 5.91 Å². The van der Waals surface area contributed by atoms with E-state index in [2.05, 4.69) is 11.9 Å². The first kappa shape index (κ1) is 20.6. The summed E-state index contributed by atoms with van der Waals surface area (Å²) < 4.78 is 1.69. The van der Waals surface area contributed by atoms with Crippen molar-refractivity contribution in [1.82, 2.24) is 19.4 Å². The average Bonchev–Trinajstić information content (AvgIpc) is 2.76. The van der Waals surface area contributed by atoms with E-state index in [9.17, 15) is 9.59 Å². The predicted molar refractivity (Wildman–Crippen MR) is 121 cm³/mol. The van der Waals surface area contributed by atoms with E-state index in [4.69, 9.17) is 4.98 Å². The highest BCUT2D eigenvalue weighted by Gasteiger charge is 2.20. The predicted octanol–water partition coefficient (Wildman–Crippen LogP) is 2.62. The number of rotatable bonds is 5. The number of nitrogens with zero attached hydrogens (tertiary/aromatic N) is 4. The van der Waals surface area contributed by atoms with Gasteiger partial charge >= 0.3 is 0 Å². The number of amides is 1. The molecule has 0 bridgehead atoms. The molecule has 0 unspecified atom stereocenters. The Morgan fingerprint density at radius 3 is 2.47 bits per heavy atom. The minimum atomic E-state index is -0.0734. The van der Waals surface area contributed by atoms with Gasteiger partial charge in [-0.1, -0.05) is 53.7 Å². The van der Waals surface area contributed by atoms with Crippen LogP contribution in [0.1, 0.15) is 11.1 Å². The smallest absolute Gasteiger partial charge is 0.262 e. The number of carbonyl (C=O) groups is 1. The molecule has 0 spiro atoms. The number of para-hydroxylation sites is 1. The van der Waals surface area contributed by atoms with E-state index in [1.54, 1.807) is 10.6 Å². The number of hydrogen-bond acceptors (Lipinski definition) is 5. The molecule has 0 radical (unpaired) electrons. The van der Waals surface area contributed by atoms with Crippen LogP contribution in [0.5, 0.6) is 0 Å². The summed E-state index contributed by atoms with van der Waals surface area (Å²) >= 11 is 1.35. The molecule has 0 saturated carbocycles. The van der Waals surface area contributed by atoms with Crippen LogP contribution in [0.15, 0.2) is 58.5 Å². The van der Waals surface area contributed by atoms with Crippen LogP contribution in [0.25, 0.3) is 10.9 Å². The van der Waals surface area contributed by atoms with Crippen LogP contribution in [0.4, 0.5) is 0 Å². The molecule has 0 N–H and O–H groups in total. The maximum absolute atomic E-state index is 13.2. The van der Waals surface area contributed by atoms with E-state index in [1.807, 2.05) is 54.3 Å². The summed E-state index contributed by atoms with van der Waals surface area (Å²) in [5.74, 6) is 0.375. The molecule has 3 aromatic rings. The van der Waals surface area contributed by atoms with Gasteiger partial charge in [-0.2, -0.15) is 0 Å². The van der Waals surface area contributed by atoms with Gasteiger partial charge < -0.3 is 9.80 Å². The van der Waals surface area contributed by atoms with Crippen LogP contribution < -0.4 is 5.56 Å². The lowest BCUT2D eigenvalue weighted by molar-refractivity contribution is -0.129. The molecule has 7 heteroatoms. The van der Waals surface area contributed by atoms with Crippen molar-refractivity contribution in [3.05, 3.63) is 70.0 Å². The van der Waals surface area contributed by atoms with Crippen LogP contribution in [0.3, 0.4) is 0 Å². The maximum atomic E-state index is 13.2. The first-order chi connectivity index (χ1) is 14.5. The minimum Gasteiger partial charge on any atom is -0.339 e. The summed E-state index contributed by atoms with van der Waals surface area (Å²) in [5.41, 5.74) is 2.80. The van der Waals surface area contributed by atoms with Crippen molar-refractivity contribution in [2.45, 2.75) is 18.6 Å². The molecule has 2 aromatic carbocycles. The standard InChI is InChI=1S/C23H26N4O2S/c1-17-7-9-18(10-8-17)15-27-22(29)19-5-3-4-6-20(19)24-23(27)30-16-21(28)26-13-11-25(2)12-14-26/h3-10H,11-16H2,1-2H3. The molecule has 6 nitrogen and oxygen atoms in total. The van der Waals surface area contributed by atoms with Crippen LogP contribution in [-0.2, 0) is 11.3 Å². The Balaban J connectivity index is 1.61. The molecule has 156 valence electrons. The molecule has 0 aliphatic carbocycles. The monoisotopic (exact) mass is 422 g/mol. The molecule has 30 heavy (non-hydrogen) atoms. The van der Waals surface area contributed by atoms with Crippen molar-refractivity contribution in [3.63, 3.8) is 0 Å². The Morgan fingerprint density at radius 1 is 1.03 bits per heavy atom. The minimum absolute atomic E-state index is 0.0734. The molecule has 0 atom stereocenters. The van der Waals surface area contributed by atoms with E-state index >= 15 is 0 Å². The highest BCUT2D eigenvalue weighted by atomic mass is 32.2. The Bertz CT molecular complexity index is 1100. The Hall–Kier alpha value is -2.64. The Kier molecular flexibility index (Phi) is 6.20. The zero-order valence-electron chi connectivity index (χ0n) is 17.4. The molecule has 1 amide bonds. The van der Waals surface area contributed by atoms with Gasteiger partial charge in [-0.3, -0.25) is 14.2 Å². The van der Waals surface area contributed by atoms with Gasteiger partial charge in [-0.15, -0.1) is 0 Å². The number of benzene rings is 2. The summed E-state index contributed by atoms with van der Waals surface area (Å²) in [6.07, 6.45) is 0. The number of thioether (sulfide) groups is 1. The fraction of sp³-hybridized carbons (Fsp3) is 0.348. The molecular weight excluding hydrogens is 396 g/mol. The van der Waals surface area contributed by atoms with Crippen molar-refractivity contribution in [2.24, 2.45) is 0 Å². The number of hydrogen-bond donors (Lipinski definition) is 0. The fourth-order valence-corrected chi connectivity index (χ4v) is 4.45. The van der Waals surface area contributed by atoms with E-state index in [0.717, 1.165) is 31.7 Å². The van der Waals surface area contributed by atoms with Crippen LogP contribution in [-0.4, -0.2) is 64.2 Å². The fourth-order valence-electron chi connectivity index (χ4n) is 3.55. The molecule has 1 fully saturated rings. The Morgan fingerprint density at radius 2 is 1.73 bits per heavy atom. The van der Waals surface area contributed by atoms with E-state index in [-0.39, 0.29) is 17.2 Å². The van der Waals surface area contributed by atoms with Crippen molar-refractivity contribution in [3.8, 4) is 0 Å². The summed E-state index contributed by atoms with van der Waals surface area (Å²) in [6, 6.07) is 15.5. The topological polar surface area (TPSA) is 58.4 Å². The highest BCUT2D eigenvalue weighted by Crippen LogP contribution is 2.20. The molecule has 1 aromatic heterocycles. The summed E-state index contributed by atoms with van der Waals surface area (Å²) in [5, 5.41) is 1.18. The zero-order chi connectivity index (χ0) is 21.1. The summed E-state index contributed by atoms with van der Waals surface area (Å²) in [7, 11) is 2.07. The maximum Gasteiger partial charge on any atom is 0.262 e. The number of aryl methyl sites for hydroxylation is 1. The average molecular weight is 423 g/mol. The van der Waals surface area contributed by atoms with Gasteiger partial charge in [0.25, 0.3) is 5.56 Å². The Labute approximate surface area is 180 Å². The SMILES string of the molecule is Cc1ccc(Cn2c(SCC(=O)N3CCN(C)CC3)nc3ccccc3c2=O)cc1. The second kappa shape index (κ2) is 9.02. The molecule has 1 aliphatic heterocycles. The van der Waals surface area contributed by atoms with Crippen molar-refractivity contribution in [2.75, 3.05) is 39.0 Å².